The van der Waals surface area contributed by atoms with E-state index in [1.165, 1.54) is 0 Å². The van der Waals surface area contributed by atoms with Crippen LogP contribution in [-0.2, 0) is 46.3 Å². The van der Waals surface area contributed by atoms with Gasteiger partial charge in [-0.2, -0.15) is 0 Å². The number of nitrogens with zero attached hydrogens (tertiary/aromatic N) is 2. The van der Waals surface area contributed by atoms with Crippen molar-refractivity contribution < 1.29 is 43.0 Å². The summed E-state index contributed by atoms with van der Waals surface area (Å²) in [6.07, 6.45) is 4.27. The van der Waals surface area contributed by atoms with Crippen LogP contribution in [0.2, 0.25) is 0 Å². The molecule has 3 aliphatic rings. The van der Waals surface area contributed by atoms with Crippen LogP contribution in [0, 0.1) is 29.1 Å². The number of ether oxygens (including phenoxy) is 2. The second kappa shape index (κ2) is 23.6. The van der Waals surface area contributed by atoms with Crippen molar-refractivity contribution in [2.75, 3.05) is 32.7 Å². The number of nitrogens with one attached hydrogen (secondary N) is 3. The Morgan fingerprint density at radius 3 is 1.76 bits per heavy atom. The predicted molar refractivity (Wildman–Crippen MR) is 257 cm³/mol. The van der Waals surface area contributed by atoms with Crippen LogP contribution in [0.15, 0.2) is 60.7 Å². The molecule has 67 heavy (non-hydrogen) atoms. The summed E-state index contributed by atoms with van der Waals surface area (Å²) in [6, 6.07) is 16.8. The number of amides is 5. The third-order valence-electron chi connectivity index (χ3n) is 12.8. The van der Waals surface area contributed by atoms with Crippen molar-refractivity contribution >= 4 is 41.5 Å². The molecule has 368 valence electrons. The molecule has 3 N–H and O–H groups in total. The van der Waals surface area contributed by atoms with Crippen LogP contribution in [0.25, 0.3) is 0 Å². The normalized spacial score (nSPS) is 17.6. The minimum Gasteiger partial charge on any atom is -0.444 e. The van der Waals surface area contributed by atoms with Crippen LogP contribution in [0.4, 0.5) is 9.59 Å². The lowest BCUT2D eigenvalue weighted by atomic mass is 9.71. The molecule has 14 heteroatoms. The largest absolute Gasteiger partial charge is 0.444 e. The molecule has 0 radical (unpaired) electrons. The monoisotopic (exact) mass is 928 g/mol. The maximum Gasteiger partial charge on any atom is 0.408 e. The summed E-state index contributed by atoms with van der Waals surface area (Å²) in [6.45, 7) is 17.5. The lowest BCUT2D eigenvalue weighted by molar-refractivity contribution is -0.153. The molecular weight excluding hydrogens is 851 g/mol. The van der Waals surface area contributed by atoms with Crippen LogP contribution in [0.5, 0.6) is 0 Å². The minimum atomic E-state index is -0.986. The highest BCUT2D eigenvalue weighted by molar-refractivity contribution is 5.95. The molecule has 4 atom stereocenters. The lowest BCUT2D eigenvalue weighted by Crippen LogP contribution is -2.62. The first-order valence-electron chi connectivity index (χ1n) is 24.6. The first kappa shape index (κ1) is 52.7. The number of piperidine rings is 1. The van der Waals surface area contributed by atoms with Gasteiger partial charge in [-0.05, 0) is 116 Å². The fourth-order valence-corrected chi connectivity index (χ4v) is 9.12. The first-order valence-corrected chi connectivity index (χ1v) is 24.6. The third-order valence-corrected chi connectivity index (χ3v) is 12.8. The predicted octanol–water partition coefficient (Wildman–Crippen LogP) is 7.60. The fourth-order valence-electron chi connectivity index (χ4n) is 9.12. The van der Waals surface area contributed by atoms with Gasteiger partial charge < -0.3 is 35.2 Å². The summed E-state index contributed by atoms with van der Waals surface area (Å²) in [5, 5.41) is 8.59. The van der Waals surface area contributed by atoms with Crippen LogP contribution >= 0.6 is 0 Å². The zero-order valence-corrected chi connectivity index (χ0v) is 41.3. The molecule has 1 spiro atoms. The van der Waals surface area contributed by atoms with Crippen molar-refractivity contribution in [1.82, 2.24) is 25.8 Å². The molecule has 0 bridgehead atoms. The van der Waals surface area contributed by atoms with E-state index in [2.05, 4.69) is 16.0 Å². The quantitative estimate of drug-likeness (QED) is 0.100. The Labute approximate surface area is 398 Å². The summed E-state index contributed by atoms with van der Waals surface area (Å²) >= 11 is 0. The van der Waals surface area contributed by atoms with Crippen molar-refractivity contribution in [2.45, 2.75) is 156 Å². The molecule has 14 nitrogen and oxygen atoms in total. The Morgan fingerprint density at radius 2 is 1.21 bits per heavy atom. The standard InChI is InChI=1S/C53H77N5O9/c1-36(2)29-42(55-46(61)41(30-37-17-11-9-12-18-37)33-45(60)43(31-38-19-13-10-14-20-38)56-50(65)67-52(6,7)8)44(59)32-40(21-15-16-26-54-49(64)66-51(3,4)5)48(63)57-27-24-53(25-28-57)34-58(35-53)47(62)39-22-23-39/h9-14,17-20,36,39-43H,15-16,21-35H2,1-8H3,(H,54,64)(H,55,61)(H,56,65)/t40-,41-,42+,43+/m0/s1. The van der Waals surface area contributed by atoms with Gasteiger partial charge in [-0.3, -0.25) is 24.0 Å². The van der Waals surface area contributed by atoms with E-state index in [0.29, 0.717) is 45.3 Å². The average molecular weight is 928 g/mol. The topological polar surface area (TPSA) is 181 Å². The van der Waals surface area contributed by atoms with Crippen molar-refractivity contribution in [1.29, 1.82) is 0 Å². The molecule has 2 saturated heterocycles. The highest BCUT2D eigenvalue weighted by atomic mass is 16.6. The van der Waals surface area contributed by atoms with E-state index in [-0.39, 0.29) is 66.3 Å². The molecule has 2 heterocycles. The molecular formula is C53H77N5O9. The second-order valence-corrected chi connectivity index (χ2v) is 21.7. The van der Waals surface area contributed by atoms with Gasteiger partial charge in [0.05, 0.1) is 12.1 Å². The number of hydrogen-bond acceptors (Lipinski definition) is 9. The number of Topliss-reactive ketones (excluding diaryl/α,β-unsaturated/α-hetero) is 2. The summed E-state index contributed by atoms with van der Waals surface area (Å²) in [7, 11) is 0. The van der Waals surface area contributed by atoms with E-state index in [1.54, 1.807) is 41.5 Å². The summed E-state index contributed by atoms with van der Waals surface area (Å²) in [5.41, 5.74) is 0.250. The third kappa shape index (κ3) is 17.4. The van der Waals surface area contributed by atoms with Gasteiger partial charge in [0.1, 0.15) is 11.2 Å². The number of unbranched alkanes of at least 4 members (excludes halogenated alkanes) is 1. The highest BCUT2D eigenvalue weighted by Crippen LogP contribution is 2.43. The van der Waals surface area contributed by atoms with E-state index in [9.17, 15) is 33.6 Å². The zero-order chi connectivity index (χ0) is 48.9. The van der Waals surface area contributed by atoms with Crippen molar-refractivity contribution in [2.24, 2.45) is 29.1 Å². The summed E-state index contributed by atoms with van der Waals surface area (Å²) < 4.78 is 10.9. The first-order chi connectivity index (χ1) is 31.6. The van der Waals surface area contributed by atoms with Gasteiger partial charge in [-0.1, -0.05) is 80.9 Å². The van der Waals surface area contributed by atoms with Gasteiger partial charge in [0.25, 0.3) is 0 Å². The Kier molecular flexibility index (Phi) is 18.6. The molecule has 3 fully saturated rings. The number of benzene rings is 2. The highest BCUT2D eigenvalue weighted by Gasteiger charge is 2.50. The number of alkyl carbamates (subject to hydrolysis) is 2. The number of likely N-dealkylation sites (tertiary alicyclic amines) is 2. The van der Waals surface area contributed by atoms with Crippen LogP contribution < -0.4 is 16.0 Å². The minimum absolute atomic E-state index is 0.0111. The van der Waals surface area contributed by atoms with E-state index in [1.807, 2.05) is 84.3 Å². The van der Waals surface area contributed by atoms with Gasteiger partial charge in [-0.25, -0.2) is 9.59 Å². The average Bonchev–Trinajstić information content (AvgIpc) is 4.09. The maximum absolute atomic E-state index is 14.6. The Morgan fingerprint density at radius 1 is 0.672 bits per heavy atom. The van der Waals surface area contributed by atoms with E-state index < -0.39 is 53.2 Å². The van der Waals surface area contributed by atoms with Crippen molar-refractivity contribution in [3.63, 3.8) is 0 Å². The zero-order valence-electron chi connectivity index (χ0n) is 41.3. The Balaban J connectivity index is 1.30. The van der Waals surface area contributed by atoms with Gasteiger partial charge in [-0.15, -0.1) is 0 Å². The number of carbonyl (C=O) groups is 7. The van der Waals surface area contributed by atoms with Crippen LogP contribution in [0.1, 0.15) is 131 Å². The van der Waals surface area contributed by atoms with Gasteiger partial charge in [0.2, 0.25) is 17.7 Å². The fraction of sp³-hybridized carbons (Fsp3) is 0.642. The van der Waals surface area contributed by atoms with Gasteiger partial charge in [0, 0.05) is 68.7 Å². The van der Waals surface area contributed by atoms with Gasteiger partial charge >= 0.3 is 12.2 Å². The molecule has 1 saturated carbocycles. The van der Waals surface area contributed by atoms with Crippen molar-refractivity contribution in [3.05, 3.63) is 71.8 Å². The maximum atomic E-state index is 14.6. The molecule has 2 aromatic rings. The van der Waals surface area contributed by atoms with E-state index in [0.717, 1.165) is 49.9 Å². The number of ketones is 2. The molecule has 5 rings (SSSR count). The van der Waals surface area contributed by atoms with Gasteiger partial charge in [0.15, 0.2) is 11.6 Å². The second-order valence-electron chi connectivity index (χ2n) is 21.7. The lowest BCUT2D eigenvalue weighted by Gasteiger charge is -2.54. The van der Waals surface area contributed by atoms with E-state index >= 15 is 0 Å². The van der Waals surface area contributed by atoms with Crippen molar-refractivity contribution in [3.8, 4) is 0 Å². The van der Waals surface area contributed by atoms with E-state index in [4.69, 9.17) is 9.47 Å². The van der Waals surface area contributed by atoms with Crippen LogP contribution in [-0.4, -0.2) is 107 Å². The SMILES string of the molecule is CC(C)C[C@@H](NC(=O)[C@H](CC(=O)[C@@H](Cc1ccccc1)NC(=O)OC(C)(C)C)Cc1ccccc1)C(=O)C[C@H](CCCCNC(=O)OC(C)(C)C)C(=O)N1CCC2(CC1)CN(C(=O)C1CC1)C2. The molecule has 1 aliphatic carbocycles. The number of rotatable bonds is 22. The molecule has 2 aliphatic heterocycles. The summed E-state index contributed by atoms with van der Waals surface area (Å²) in [5.74, 6) is -2.24. The number of hydrogen-bond donors (Lipinski definition) is 3. The molecule has 0 aromatic heterocycles. The molecule has 5 amide bonds. The molecule has 0 unspecified atom stereocenters. The number of carbonyl (C=O) groups excluding carboxylic acids is 7. The smallest absolute Gasteiger partial charge is 0.408 e. The Bertz CT molecular complexity index is 1990. The van der Waals surface area contributed by atoms with Crippen LogP contribution in [0.3, 0.4) is 0 Å². The molecule has 2 aromatic carbocycles. The summed E-state index contributed by atoms with van der Waals surface area (Å²) in [4.78, 5) is 99.7. The Hall–Kier alpha value is -5.27.